The Hall–Kier alpha value is -2.72. The van der Waals surface area contributed by atoms with E-state index in [1.807, 2.05) is 24.3 Å². The maximum atomic E-state index is 12.3. The van der Waals surface area contributed by atoms with Gasteiger partial charge in [0.2, 0.25) is 5.91 Å². The van der Waals surface area contributed by atoms with Crippen LogP contribution in [0.4, 0.5) is 5.69 Å². The van der Waals surface area contributed by atoms with Crippen molar-refractivity contribution in [1.82, 2.24) is 0 Å². The number of fused-ring (bicyclic) bond motifs is 1. The van der Waals surface area contributed by atoms with Crippen LogP contribution >= 0.6 is 11.6 Å². The van der Waals surface area contributed by atoms with Crippen LogP contribution in [0.5, 0.6) is 0 Å². The summed E-state index contributed by atoms with van der Waals surface area (Å²) in [5.74, 6) is -0.893. The van der Waals surface area contributed by atoms with Gasteiger partial charge >= 0.3 is 0 Å². The van der Waals surface area contributed by atoms with Gasteiger partial charge in [0, 0.05) is 18.1 Å². The maximum Gasteiger partial charge on any atom is 0.221 e. The standard InChI is InChI=1S/C18H12ClNO3/c1-10(21)20-18-15(19)8-11-4-2-3-5-13(11)17(18)14-9-12(22)6-7-16(14)23/h2-9H,1H3,(H,20,21). The molecule has 1 N–H and O–H groups in total. The summed E-state index contributed by atoms with van der Waals surface area (Å²) in [5, 5.41) is 4.53. The lowest BCUT2D eigenvalue weighted by Crippen LogP contribution is -2.13. The fourth-order valence-corrected chi connectivity index (χ4v) is 2.86. The lowest BCUT2D eigenvalue weighted by Gasteiger charge is -2.17. The van der Waals surface area contributed by atoms with Crippen molar-refractivity contribution in [2.24, 2.45) is 0 Å². The molecule has 0 spiro atoms. The molecule has 0 bridgehead atoms. The highest BCUT2D eigenvalue weighted by molar-refractivity contribution is 6.40. The van der Waals surface area contributed by atoms with Crippen LogP contribution in [0.2, 0.25) is 5.02 Å². The van der Waals surface area contributed by atoms with E-state index in [1.54, 1.807) is 6.07 Å². The highest BCUT2D eigenvalue weighted by Gasteiger charge is 2.23. The lowest BCUT2D eigenvalue weighted by atomic mass is 9.90. The van der Waals surface area contributed by atoms with Crippen molar-refractivity contribution in [3.8, 4) is 0 Å². The fraction of sp³-hybridized carbons (Fsp3) is 0.0556. The molecule has 4 nitrogen and oxygen atoms in total. The Labute approximate surface area is 137 Å². The molecule has 5 heteroatoms. The minimum atomic E-state index is -0.311. The topological polar surface area (TPSA) is 63.2 Å². The van der Waals surface area contributed by atoms with Gasteiger partial charge in [0.25, 0.3) is 0 Å². The number of hydrogen-bond donors (Lipinski definition) is 1. The number of nitrogens with one attached hydrogen (secondary N) is 1. The van der Waals surface area contributed by atoms with Gasteiger partial charge in [-0.15, -0.1) is 0 Å². The largest absolute Gasteiger partial charge is 0.324 e. The number of carbonyl (C=O) groups is 3. The van der Waals surface area contributed by atoms with E-state index in [1.165, 1.54) is 25.2 Å². The monoisotopic (exact) mass is 325 g/mol. The number of carbonyl (C=O) groups excluding carboxylic acids is 3. The first-order valence-electron chi connectivity index (χ1n) is 6.94. The zero-order chi connectivity index (χ0) is 16.6. The van der Waals surface area contributed by atoms with Gasteiger partial charge in [0.15, 0.2) is 11.6 Å². The number of halogens is 1. The molecule has 0 radical (unpaired) electrons. The molecule has 0 atom stereocenters. The van der Waals surface area contributed by atoms with Crippen LogP contribution < -0.4 is 5.32 Å². The van der Waals surface area contributed by atoms with E-state index >= 15 is 0 Å². The van der Waals surface area contributed by atoms with Gasteiger partial charge in [-0.2, -0.15) is 0 Å². The zero-order valence-electron chi connectivity index (χ0n) is 12.2. The van der Waals surface area contributed by atoms with Gasteiger partial charge in [-0.3, -0.25) is 14.4 Å². The minimum Gasteiger partial charge on any atom is -0.324 e. The summed E-state index contributed by atoms with van der Waals surface area (Å²) < 4.78 is 0. The Kier molecular flexibility index (Phi) is 3.84. The average molecular weight is 326 g/mol. The van der Waals surface area contributed by atoms with E-state index in [0.717, 1.165) is 10.8 Å². The van der Waals surface area contributed by atoms with Crippen molar-refractivity contribution in [3.05, 3.63) is 59.1 Å². The van der Waals surface area contributed by atoms with E-state index < -0.39 is 0 Å². The Morgan fingerprint density at radius 3 is 2.61 bits per heavy atom. The third-order valence-corrected chi connectivity index (χ3v) is 3.82. The van der Waals surface area contributed by atoms with E-state index in [4.69, 9.17) is 11.6 Å². The van der Waals surface area contributed by atoms with E-state index in [-0.39, 0.29) is 23.0 Å². The molecule has 0 saturated heterocycles. The molecule has 0 fully saturated rings. The summed E-state index contributed by atoms with van der Waals surface area (Å²) >= 11 is 6.30. The van der Waals surface area contributed by atoms with Crippen LogP contribution in [0.15, 0.2) is 48.6 Å². The van der Waals surface area contributed by atoms with Gasteiger partial charge in [0.1, 0.15) is 0 Å². The third kappa shape index (κ3) is 2.81. The number of benzene rings is 2. The predicted molar refractivity (Wildman–Crippen MR) is 90.4 cm³/mol. The summed E-state index contributed by atoms with van der Waals surface area (Å²) in [6, 6.07) is 9.07. The van der Waals surface area contributed by atoms with Crippen LogP contribution in [0.1, 0.15) is 12.5 Å². The molecule has 1 aliphatic rings. The number of ketones is 2. The summed E-state index contributed by atoms with van der Waals surface area (Å²) in [6.45, 7) is 1.36. The van der Waals surface area contributed by atoms with Crippen LogP contribution in [-0.4, -0.2) is 17.5 Å². The predicted octanol–water partition coefficient (Wildman–Crippen LogP) is 3.54. The second kappa shape index (κ2) is 5.82. The molecule has 0 heterocycles. The van der Waals surface area contributed by atoms with Gasteiger partial charge in [-0.25, -0.2) is 0 Å². The number of allylic oxidation sites excluding steroid dienone is 4. The lowest BCUT2D eigenvalue weighted by molar-refractivity contribution is -0.114. The molecular weight excluding hydrogens is 314 g/mol. The van der Waals surface area contributed by atoms with Crippen molar-refractivity contribution in [2.75, 3.05) is 5.32 Å². The molecule has 1 amide bonds. The molecule has 2 aromatic carbocycles. The highest BCUT2D eigenvalue weighted by atomic mass is 35.5. The summed E-state index contributed by atoms with van der Waals surface area (Å²) in [6.07, 6.45) is 3.72. The Morgan fingerprint density at radius 1 is 1.13 bits per heavy atom. The van der Waals surface area contributed by atoms with Crippen molar-refractivity contribution in [3.63, 3.8) is 0 Å². The van der Waals surface area contributed by atoms with Crippen LogP contribution in [0, 0.1) is 0 Å². The van der Waals surface area contributed by atoms with Crippen molar-refractivity contribution in [2.45, 2.75) is 6.92 Å². The highest BCUT2D eigenvalue weighted by Crippen LogP contribution is 2.39. The quantitative estimate of drug-likeness (QED) is 0.859. The summed E-state index contributed by atoms with van der Waals surface area (Å²) in [4.78, 5) is 35.5. The summed E-state index contributed by atoms with van der Waals surface area (Å²) in [5.41, 5.74) is 1.02. The van der Waals surface area contributed by atoms with Crippen LogP contribution in [0.3, 0.4) is 0 Å². The smallest absolute Gasteiger partial charge is 0.221 e. The number of rotatable bonds is 2. The second-order valence-corrected chi connectivity index (χ2v) is 5.58. The molecule has 0 unspecified atom stereocenters. The Bertz CT molecular complexity index is 925. The third-order valence-electron chi connectivity index (χ3n) is 3.52. The van der Waals surface area contributed by atoms with Crippen molar-refractivity contribution < 1.29 is 14.4 Å². The first-order chi connectivity index (χ1) is 11.0. The van der Waals surface area contributed by atoms with E-state index in [0.29, 0.717) is 16.3 Å². The Balaban J connectivity index is 2.38. The van der Waals surface area contributed by atoms with Gasteiger partial charge in [-0.1, -0.05) is 35.9 Å². The molecule has 3 rings (SSSR count). The SMILES string of the molecule is CC(=O)Nc1c(Cl)cc2ccccc2c1C1=CC(=O)C=CC1=O. The van der Waals surface area contributed by atoms with Gasteiger partial charge in [0.05, 0.1) is 10.7 Å². The minimum absolute atomic E-state index is 0.222. The first kappa shape index (κ1) is 15.2. The maximum absolute atomic E-state index is 12.3. The fourth-order valence-electron chi connectivity index (χ4n) is 2.60. The molecule has 2 aromatic rings. The molecule has 0 aromatic heterocycles. The van der Waals surface area contributed by atoms with Crippen LogP contribution in [-0.2, 0) is 14.4 Å². The van der Waals surface area contributed by atoms with Gasteiger partial charge < -0.3 is 5.32 Å². The summed E-state index contributed by atoms with van der Waals surface area (Å²) in [7, 11) is 0. The Morgan fingerprint density at radius 2 is 1.87 bits per heavy atom. The average Bonchev–Trinajstić information content (AvgIpc) is 2.50. The molecule has 114 valence electrons. The number of amides is 1. The number of hydrogen-bond acceptors (Lipinski definition) is 3. The van der Waals surface area contributed by atoms with Crippen LogP contribution in [0.25, 0.3) is 16.3 Å². The normalized spacial score (nSPS) is 14.1. The molecule has 0 aliphatic heterocycles. The zero-order valence-corrected chi connectivity index (χ0v) is 13.0. The molecule has 0 saturated carbocycles. The second-order valence-electron chi connectivity index (χ2n) is 5.17. The molecule has 1 aliphatic carbocycles. The van der Waals surface area contributed by atoms with E-state index in [2.05, 4.69) is 5.32 Å². The van der Waals surface area contributed by atoms with Gasteiger partial charge in [-0.05, 0) is 35.1 Å². The van der Waals surface area contributed by atoms with Crippen molar-refractivity contribution >= 4 is 51.1 Å². The number of anilines is 1. The van der Waals surface area contributed by atoms with Crippen molar-refractivity contribution in [1.29, 1.82) is 0 Å². The molecular formula is C18H12ClNO3. The van der Waals surface area contributed by atoms with E-state index in [9.17, 15) is 14.4 Å². The first-order valence-corrected chi connectivity index (χ1v) is 7.32. The molecule has 23 heavy (non-hydrogen) atoms.